The maximum absolute atomic E-state index is 5.49. The lowest BCUT2D eigenvalue weighted by atomic mass is 10.0. The molecule has 0 atom stereocenters. The number of nitrogens with zero attached hydrogens (tertiary/aromatic N) is 2. The van der Waals surface area contributed by atoms with Gasteiger partial charge in [-0.2, -0.15) is 0 Å². The Morgan fingerprint density at radius 1 is 1.24 bits per heavy atom. The van der Waals surface area contributed by atoms with Gasteiger partial charge in [0.05, 0.1) is 0 Å². The number of nitrogen functional groups attached to an aromatic ring is 1. The highest BCUT2D eigenvalue weighted by Gasteiger charge is 2.04. The maximum atomic E-state index is 5.49. The Hall–Kier alpha value is -2.04. The molecule has 0 aliphatic carbocycles. The number of ether oxygens (including phenoxy) is 1. The molecular formula is C12H15N3O2. The lowest BCUT2D eigenvalue weighted by Gasteiger charge is -2.07. The van der Waals surface area contributed by atoms with Crippen molar-refractivity contribution in [2.75, 3.05) is 5.73 Å². The molecule has 0 radical (unpaired) electrons. The number of aromatic nitrogens is 2. The Balaban J connectivity index is 1.95. The summed E-state index contributed by atoms with van der Waals surface area (Å²) in [7, 11) is 0. The molecule has 17 heavy (non-hydrogen) atoms. The molecule has 0 saturated heterocycles. The molecule has 0 saturated carbocycles. The Bertz CT molecular complexity index is 477. The van der Waals surface area contributed by atoms with Crippen LogP contribution in [0.4, 0.5) is 6.01 Å². The Kier molecular flexibility index (Phi) is 3.27. The van der Waals surface area contributed by atoms with Gasteiger partial charge in [-0.3, -0.25) is 0 Å². The van der Waals surface area contributed by atoms with Crippen LogP contribution in [-0.4, -0.2) is 10.2 Å². The van der Waals surface area contributed by atoms with E-state index in [0.717, 1.165) is 5.75 Å². The van der Waals surface area contributed by atoms with E-state index in [1.54, 1.807) is 0 Å². The zero-order chi connectivity index (χ0) is 12.3. The molecule has 1 aromatic carbocycles. The summed E-state index contributed by atoms with van der Waals surface area (Å²) in [5.41, 5.74) is 6.58. The summed E-state index contributed by atoms with van der Waals surface area (Å²) in [6.07, 6.45) is 0. The molecule has 0 fully saturated rings. The van der Waals surface area contributed by atoms with Crippen molar-refractivity contribution in [1.29, 1.82) is 0 Å². The third-order valence-electron chi connectivity index (χ3n) is 2.39. The molecule has 1 aromatic heterocycles. The quantitative estimate of drug-likeness (QED) is 0.877. The Morgan fingerprint density at radius 3 is 2.47 bits per heavy atom. The second-order valence-electron chi connectivity index (χ2n) is 4.05. The normalized spacial score (nSPS) is 10.8. The van der Waals surface area contributed by atoms with Crippen LogP contribution in [0.1, 0.15) is 31.2 Å². The zero-order valence-corrected chi connectivity index (χ0v) is 9.88. The highest BCUT2D eigenvalue weighted by Crippen LogP contribution is 2.19. The third-order valence-corrected chi connectivity index (χ3v) is 2.39. The lowest BCUT2D eigenvalue weighted by molar-refractivity contribution is 0.265. The monoisotopic (exact) mass is 233 g/mol. The van der Waals surface area contributed by atoms with E-state index in [1.165, 1.54) is 5.56 Å². The van der Waals surface area contributed by atoms with Crippen LogP contribution >= 0.6 is 0 Å². The van der Waals surface area contributed by atoms with E-state index in [4.69, 9.17) is 14.9 Å². The van der Waals surface area contributed by atoms with Crippen molar-refractivity contribution in [2.45, 2.75) is 26.4 Å². The topological polar surface area (TPSA) is 74.2 Å². The van der Waals surface area contributed by atoms with E-state index in [9.17, 15) is 0 Å². The van der Waals surface area contributed by atoms with Gasteiger partial charge in [0, 0.05) is 0 Å². The first-order valence-corrected chi connectivity index (χ1v) is 5.46. The average Bonchev–Trinajstić information content (AvgIpc) is 2.73. The number of anilines is 1. The van der Waals surface area contributed by atoms with Crippen LogP contribution in [0.15, 0.2) is 28.7 Å². The van der Waals surface area contributed by atoms with Crippen LogP contribution in [0.3, 0.4) is 0 Å². The molecule has 90 valence electrons. The third kappa shape index (κ3) is 2.96. The molecule has 2 rings (SSSR count). The summed E-state index contributed by atoms with van der Waals surface area (Å²) in [6.45, 7) is 4.53. The Labute approximate surface area is 99.6 Å². The van der Waals surface area contributed by atoms with Gasteiger partial charge in [0.2, 0.25) is 0 Å². The summed E-state index contributed by atoms with van der Waals surface area (Å²) in [5, 5.41) is 7.26. The van der Waals surface area contributed by atoms with Gasteiger partial charge in [-0.25, -0.2) is 0 Å². The van der Waals surface area contributed by atoms with E-state index in [-0.39, 0.29) is 12.6 Å². The Morgan fingerprint density at radius 2 is 1.94 bits per heavy atom. The van der Waals surface area contributed by atoms with Crippen LogP contribution in [0.25, 0.3) is 0 Å². The first kappa shape index (κ1) is 11.4. The molecule has 0 amide bonds. The van der Waals surface area contributed by atoms with Crippen molar-refractivity contribution >= 4 is 6.01 Å². The minimum absolute atomic E-state index is 0.0544. The zero-order valence-electron chi connectivity index (χ0n) is 9.88. The van der Waals surface area contributed by atoms with E-state index in [2.05, 4.69) is 24.0 Å². The number of nitrogens with two attached hydrogens (primary N) is 1. The van der Waals surface area contributed by atoms with Crippen LogP contribution in [0.5, 0.6) is 5.75 Å². The van der Waals surface area contributed by atoms with E-state index < -0.39 is 0 Å². The van der Waals surface area contributed by atoms with Crippen molar-refractivity contribution in [3.8, 4) is 5.75 Å². The molecule has 0 bridgehead atoms. The van der Waals surface area contributed by atoms with Crippen molar-refractivity contribution in [3.05, 3.63) is 35.7 Å². The highest BCUT2D eigenvalue weighted by molar-refractivity contribution is 5.28. The molecule has 0 aliphatic rings. The fourth-order valence-corrected chi connectivity index (χ4v) is 1.42. The number of hydrogen-bond acceptors (Lipinski definition) is 5. The van der Waals surface area contributed by atoms with Crippen LogP contribution in [0, 0.1) is 0 Å². The SMILES string of the molecule is CC(C)c1ccc(OCc2nnc(N)o2)cc1. The van der Waals surface area contributed by atoms with Gasteiger partial charge in [0.15, 0.2) is 6.61 Å². The molecule has 0 spiro atoms. The van der Waals surface area contributed by atoms with Gasteiger partial charge in [0.1, 0.15) is 5.75 Å². The second-order valence-corrected chi connectivity index (χ2v) is 4.05. The van der Waals surface area contributed by atoms with Gasteiger partial charge >= 0.3 is 6.01 Å². The number of rotatable bonds is 4. The number of hydrogen-bond donors (Lipinski definition) is 1. The van der Waals surface area contributed by atoms with E-state index >= 15 is 0 Å². The minimum atomic E-state index is 0.0544. The predicted molar refractivity (Wildman–Crippen MR) is 63.6 cm³/mol. The van der Waals surface area contributed by atoms with Gasteiger partial charge < -0.3 is 14.9 Å². The average molecular weight is 233 g/mol. The fourth-order valence-electron chi connectivity index (χ4n) is 1.42. The second kappa shape index (κ2) is 4.86. The van der Waals surface area contributed by atoms with Crippen molar-refractivity contribution in [1.82, 2.24) is 10.2 Å². The maximum Gasteiger partial charge on any atom is 0.312 e. The summed E-state index contributed by atoms with van der Waals surface area (Å²) >= 11 is 0. The summed E-state index contributed by atoms with van der Waals surface area (Å²) in [6, 6.07) is 7.99. The molecule has 5 nitrogen and oxygen atoms in total. The minimum Gasteiger partial charge on any atom is -0.484 e. The van der Waals surface area contributed by atoms with Gasteiger partial charge in [-0.05, 0) is 23.6 Å². The molecule has 0 unspecified atom stereocenters. The molecule has 5 heteroatoms. The van der Waals surface area contributed by atoms with Crippen LogP contribution in [-0.2, 0) is 6.61 Å². The predicted octanol–water partition coefficient (Wildman–Crippen LogP) is 2.35. The van der Waals surface area contributed by atoms with E-state index in [0.29, 0.717) is 11.8 Å². The van der Waals surface area contributed by atoms with Gasteiger partial charge in [-0.15, -0.1) is 5.10 Å². The number of benzene rings is 1. The molecule has 0 aliphatic heterocycles. The smallest absolute Gasteiger partial charge is 0.312 e. The van der Waals surface area contributed by atoms with Gasteiger partial charge in [0.25, 0.3) is 5.89 Å². The largest absolute Gasteiger partial charge is 0.484 e. The highest BCUT2D eigenvalue weighted by atomic mass is 16.5. The van der Waals surface area contributed by atoms with Gasteiger partial charge in [-0.1, -0.05) is 31.1 Å². The summed E-state index contributed by atoms with van der Waals surface area (Å²) in [5.74, 6) is 1.65. The van der Waals surface area contributed by atoms with Crippen molar-refractivity contribution in [3.63, 3.8) is 0 Å². The summed E-state index contributed by atoms with van der Waals surface area (Å²) < 4.78 is 10.5. The van der Waals surface area contributed by atoms with Crippen molar-refractivity contribution in [2.24, 2.45) is 0 Å². The summed E-state index contributed by atoms with van der Waals surface area (Å²) in [4.78, 5) is 0. The van der Waals surface area contributed by atoms with E-state index in [1.807, 2.05) is 24.3 Å². The molecule has 2 N–H and O–H groups in total. The standard InChI is InChI=1S/C12H15N3O2/c1-8(2)9-3-5-10(6-4-9)16-7-11-14-15-12(13)17-11/h3-6,8H,7H2,1-2H3,(H2,13,15). The lowest BCUT2D eigenvalue weighted by Crippen LogP contribution is -1.96. The van der Waals surface area contributed by atoms with Crippen LogP contribution in [0.2, 0.25) is 0 Å². The first-order chi connectivity index (χ1) is 8.15. The fraction of sp³-hybridized carbons (Fsp3) is 0.333. The van der Waals surface area contributed by atoms with Crippen LogP contribution < -0.4 is 10.5 Å². The molecular weight excluding hydrogens is 218 g/mol. The molecule has 2 aromatic rings. The molecule has 1 heterocycles. The van der Waals surface area contributed by atoms with Crippen molar-refractivity contribution < 1.29 is 9.15 Å². The first-order valence-electron chi connectivity index (χ1n) is 5.46.